The molecule has 3 N–H and O–H groups in total. The Balaban J connectivity index is 1.53. The monoisotopic (exact) mass is 514 g/mol. The largest absolute Gasteiger partial charge is 0.496 e. The maximum absolute atomic E-state index is 13.8. The highest BCUT2D eigenvalue weighted by Gasteiger charge is 2.35. The van der Waals surface area contributed by atoms with Crippen LogP contribution in [0.3, 0.4) is 0 Å². The van der Waals surface area contributed by atoms with E-state index in [1.807, 2.05) is 11.1 Å². The molecule has 4 rings (SSSR count). The van der Waals surface area contributed by atoms with Crippen molar-refractivity contribution in [2.24, 2.45) is 5.73 Å². The highest BCUT2D eigenvalue weighted by molar-refractivity contribution is 6.30. The van der Waals surface area contributed by atoms with Gasteiger partial charge in [0.25, 0.3) is 5.91 Å². The van der Waals surface area contributed by atoms with Crippen LogP contribution in [0.1, 0.15) is 24.4 Å². The van der Waals surface area contributed by atoms with Gasteiger partial charge in [0.2, 0.25) is 0 Å². The fourth-order valence-corrected chi connectivity index (χ4v) is 5.20. The van der Waals surface area contributed by atoms with Crippen LogP contribution in [0.4, 0.5) is 10.5 Å². The second-order valence-electron chi connectivity index (χ2n) is 9.36. The van der Waals surface area contributed by atoms with Gasteiger partial charge in [0.15, 0.2) is 0 Å². The Morgan fingerprint density at radius 1 is 1.03 bits per heavy atom. The molecule has 2 fully saturated rings. The number of nitrogens with zero attached hydrogens (tertiary/aromatic N) is 4. The summed E-state index contributed by atoms with van der Waals surface area (Å²) in [6.45, 7) is 5.41. The fraction of sp³-hybridized carbons (Fsp3) is 0.462. The van der Waals surface area contributed by atoms with Crippen molar-refractivity contribution in [2.45, 2.75) is 24.9 Å². The highest BCUT2D eigenvalue weighted by atomic mass is 35.5. The Kier molecular flexibility index (Phi) is 8.68. The molecule has 0 saturated carbocycles. The number of hydrazine groups is 1. The molecule has 2 aromatic carbocycles. The van der Waals surface area contributed by atoms with Gasteiger partial charge in [-0.25, -0.2) is 9.80 Å². The summed E-state index contributed by atoms with van der Waals surface area (Å²) in [6, 6.07) is 12.6. The van der Waals surface area contributed by atoms with Gasteiger partial charge >= 0.3 is 6.03 Å². The molecule has 2 aliphatic rings. The van der Waals surface area contributed by atoms with Crippen LogP contribution in [0, 0.1) is 0 Å². The number of primary amides is 1. The van der Waals surface area contributed by atoms with Crippen molar-refractivity contribution in [3.63, 3.8) is 0 Å². The standard InChI is InChI=1S/C26H35ClN6O3/c1-30-13-11-20(12-14-30)31-15-17-32(18-16-31)29-25(34)24(22-5-3-4-6-23(22)36-2)33(26(28)35)21-9-7-19(27)8-10-21/h3-10,20,24H,11-18H2,1-2H3,(H2,28,35)(H,29,34). The number of ether oxygens (including phenoxy) is 1. The van der Waals surface area contributed by atoms with Crippen molar-refractivity contribution in [3.05, 3.63) is 59.1 Å². The number of hydrogen-bond donors (Lipinski definition) is 2. The number of piperidine rings is 1. The topological polar surface area (TPSA) is 94.4 Å². The zero-order chi connectivity index (χ0) is 25.7. The van der Waals surface area contributed by atoms with E-state index in [-0.39, 0.29) is 5.91 Å². The van der Waals surface area contributed by atoms with E-state index in [2.05, 4.69) is 22.3 Å². The van der Waals surface area contributed by atoms with E-state index < -0.39 is 12.1 Å². The molecule has 9 nitrogen and oxygen atoms in total. The third kappa shape index (κ3) is 6.10. The van der Waals surface area contributed by atoms with Crippen LogP contribution in [-0.4, -0.2) is 86.2 Å². The minimum atomic E-state index is -1.04. The number of anilines is 1. The number of methoxy groups -OCH3 is 1. The lowest BCUT2D eigenvalue weighted by Crippen LogP contribution is -2.58. The first-order valence-electron chi connectivity index (χ1n) is 12.3. The molecule has 2 aromatic rings. The number of hydrogen-bond acceptors (Lipinski definition) is 6. The quantitative estimate of drug-likeness (QED) is 0.590. The lowest BCUT2D eigenvalue weighted by atomic mass is 10.0. The maximum atomic E-state index is 13.8. The van der Waals surface area contributed by atoms with E-state index in [1.165, 1.54) is 24.9 Å². The predicted octanol–water partition coefficient (Wildman–Crippen LogP) is 2.72. The number of amides is 3. The summed E-state index contributed by atoms with van der Waals surface area (Å²) in [5.74, 6) is 0.131. The van der Waals surface area contributed by atoms with Crippen molar-refractivity contribution in [1.82, 2.24) is 20.2 Å². The highest BCUT2D eigenvalue weighted by Crippen LogP contribution is 2.33. The normalized spacial score (nSPS) is 19.0. The van der Waals surface area contributed by atoms with Crippen LogP contribution in [0.15, 0.2) is 48.5 Å². The predicted molar refractivity (Wildman–Crippen MR) is 141 cm³/mol. The van der Waals surface area contributed by atoms with Crippen LogP contribution in [0.25, 0.3) is 0 Å². The zero-order valence-corrected chi connectivity index (χ0v) is 21.7. The van der Waals surface area contributed by atoms with Crippen molar-refractivity contribution in [3.8, 4) is 5.75 Å². The number of carbonyl (C=O) groups is 2. The third-order valence-corrected chi connectivity index (χ3v) is 7.32. The number of nitrogens with two attached hydrogens (primary N) is 1. The molecule has 0 aromatic heterocycles. The summed E-state index contributed by atoms with van der Waals surface area (Å²) in [5, 5.41) is 2.45. The van der Waals surface area contributed by atoms with E-state index in [9.17, 15) is 9.59 Å². The Bertz CT molecular complexity index is 1040. The number of likely N-dealkylation sites (tertiary alicyclic amines) is 1. The first-order valence-corrected chi connectivity index (χ1v) is 12.7. The minimum Gasteiger partial charge on any atom is -0.496 e. The van der Waals surface area contributed by atoms with Gasteiger partial charge in [-0.3, -0.25) is 20.0 Å². The van der Waals surface area contributed by atoms with E-state index >= 15 is 0 Å². The molecule has 2 saturated heterocycles. The number of nitrogens with one attached hydrogen (secondary N) is 1. The van der Waals surface area contributed by atoms with Gasteiger partial charge in [-0.15, -0.1) is 0 Å². The number of carbonyl (C=O) groups excluding carboxylic acids is 2. The van der Waals surface area contributed by atoms with Crippen molar-refractivity contribution >= 4 is 29.2 Å². The average Bonchev–Trinajstić information content (AvgIpc) is 2.88. The second kappa shape index (κ2) is 11.9. The molecule has 1 atom stereocenters. The number of rotatable bonds is 7. The average molecular weight is 515 g/mol. The number of benzene rings is 2. The molecule has 0 aliphatic carbocycles. The van der Waals surface area contributed by atoms with Crippen LogP contribution >= 0.6 is 11.6 Å². The van der Waals surface area contributed by atoms with E-state index in [0.29, 0.717) is 41.2 Å². The minimum absolute atomic E-state index is 0.360. The van der Waals surface area contributed by atoms with Gasteiger partial charge in [0, 0.05) is 48.5 Å². The van der Waals surface area contributed by atoms with Gasteiger partial charge in [0.1, 0.15) is 11.8 Å². The number of urea groups is 1. The molecule has 0 bridgehead atoms. The van der Waals surface area contributed by atoms with E-state index in [1.54, 1.807) is 42.5 Å². The molecule has 1 unspecified atom stereocenters. The number of piperazine rings is 1. The van der Waals surface area contributed by atoms with Gasteiger partial charge in [0.05, 0.1) is 7.11 Å². The molecule has 194 valence electrons. The van der Waals surface area contributed by atoms with Gasteiger partial charge < -0.3 is 15.4 Å². The Hall–Kier alpha value is -2.85. The first kappa shape index (κ1) is 26.2. The molecule has 10 heteroatoms. The Morgan fingerprint density at radius 2 is 1.67 bits per heavy atom. The molecule has 0 spiro atoms. The van der Waals surface area contributed by atoms with Crippen LogP contribution in [0.5, 0.6) is 5.75 Å². The number of halogens is 1. The van der Waals surface area contributed by atoms with Gasteiger partial charge in [-0.1, -0.05) is 29.8 Å². The molecule has 3 amide bonds. The summed E-state index contributed by atoms with van der Waals surface area (Å²) in [4.78, 5) is 32.7. The Morgan fingerprint density at radius 3 is 2.28 bits per heavy atom. The fourth-order valence-electron chi connectivity index (χ4n) is 5.07. The van der Waals surface area contributed by atoms with Crippen LogP contribution in [0.2, 0.25) is 5.02 Å². The molecule has 2 aliphatic heterocycles. The van der Waals surface area contributed by atoms with E-state index in [4.69, 9.17) is 22.1 Å². The Labute approximate surface area is 217 Å². The smallest absolute Gasteiger partial charge is 0.320 e. The van der Waals surface area contributed by atoms with Crippen molar-refractivity contribution in [1.29, 1.82) is 0 Å². The molecule has 0 radical (unpaired) electrons. The third-order valence-electron chi connectivity index (χ3n) is 7.07. The molecular weight excluding hydrogens is 480 g/mol. The molecule has 2 heterocycles. The van der Waals surface area contributed by atoms with Gasteiger partial charge in [-0.2, -0.15) is 0 Å². The zero-order valence-electron chi connectivity index (χ0n) is 20.9. The summed E-state index contributed by atoms with van der Waals surface area (Å²) in [6.07, 6.45) is 2.35. The second-order valence-corrected chi connectivity index (χ2v) is 9.80. The van der Waals surface area contributed by atoms with Crippen LogP contribution < -0.4 is 20.8 Å². The van der Waals surface area contributed by atoms with E-state index in [0.717, 1.165) is 26.2 Å². The van der Waals surface area contributed by atoms with Crippen LogP contribution in [-0.2, 0) is 4.79 Å². The maximum Gasteiger partial charge on any atom is 0.320 e. The molecule has 36 heavy (non-hydrogen) atoms. The lowest BCUT2D eigenvalue weighted by Gasteiger charge is -2.42. The van der Waals surface area contributed by atoms with Crippen molar-refractivity contribution in [2.75, 3.05) is 58.3 Å². The SMILES string of the molecule is COc1ccccc1C(C(=O)NN1CCN(C2CCN(C)CC2)CC1)N(C(N)=O)c1ccc(Cl)cc1. The lowest BCUT2D eigenvalue weighted by molar-refractivity contribution is -0.128. The molecular formula is C26H35ClN6O3. The first-order chi connectivity index (χ1) is 17.4. The summed E-state index contributed by atoms with van der Waals surface area (Å²) in [5.41, 5.74) is 9.87. The summed E-state index contributed by atoms with van der Waals surface area (Å²) in [7, 11) is 3.70. The van der Waals surface area contributed by atoms with Crippen molar-refractivity contribution < 1.29 is 14.3 Å². The summed E-state index contributed by atoms with van der Waals surface area (Å²) >= 11 is 6.06. The summed E-state index contributed by atoms with van der Waals surface area (Å²) < 4.78 is 5.54. The van der Waals surface area contributed by atoms with Gasteiger partial charge in [-0.05, 0) is 63.3 Å². The number of para-hydroxylation sites is 1.